The molecule has 1 aliphatic heterocycles. The molecule has 1 nitrogen and oxygen atoms in total. The summed E-state index contributed by atoms with van der Waals surface area (Å²) in [5, 5.41) is 0. The van der Waals surface area contributed by atoms with E-state index in [1.165, 1.54) is 44.1 Å². The minimum atomic E-state index is 0.131. The third kappa shape index (κ3) is 1.27. The molecule has 1 saturated heterocycles. The fraction of sp³-hybridized carbons (Fsp3) is 0.867. The van der Waals surface area contributed by atoms with E-state index in [0.29, 0.717) is 5.41 Å². The van der Waals surface area contributed by atoms with Gasteiger partial charge in [-0.3, -0.25) is 0 Å². The standard InChI is InChI=1S/C15H24O/c1-11-6-5-7-14(4)8-9-15(10-12(11)14)13(2,3)16-15/h12H,1,5-10H2,2-4H3/t12-,14+,15?/m0/s1. The van der Waals surface area contributed by atoms with E-state index in [1.54, 1.807) is 0 Å². The molecule has 3 fully saturated rings. The Kier molecular flexibility index (Phi) is 1.98. The van der Waals surface area contributed by atoms with Gasteiger partial charge in [-0.15, -0.1) is 0 Å². The quantitative estimate of drug-likeness (QED) is 0.442. The van der Waals surface area contributed by atoms with Gasteiger partial charge in [-0.1, -0.05) is 19.1 Å². The van der Waals surface area contributed by atoms with Crippen LogP contribution in [-0.4, -0.2) is 11.2 Å². The topological polar surface area (TPSA) is 12.5 Å². The maximum Gasteiger partial charge on any atom is 0.0980 e. The van der Waals surface area contributed by atoms with E-state index in [4.69, 9.17) is 4.74 Å². The summed E-state index contributed by atoms with van der Waals surface area (Å²) in [4.78, 5) is 0. The number of ether oxygens (including phenoxy) is 1. The van der Waals surface area contributed by atoms with E-state index in [-0.39, 0.29) is 11.2 Å². The van der Waals surface area contributed by atoms with Crippen molar-refractivity contribution in [2.45, 2.75) is 70.5 Å². The molecule has 0 radical (unpaired) electrons. The summed E-state index contributed by atoms with van der Waals surface area (Å²) in [5.41, 5.74) is 2.37. The molecule has 1 spiro atoms. The molecule has 0 amide bonds. The van der Waals surface area contributed by atoms with Crippen LogP contribution in [0.2, 0.25) is 0 Å². The zero-order valence-corrected chi connectivity index (χ0v) is 10.9. The predicted octanol–water partition coefficient (Wildman–Crippen LogP) is 4.08. The first-order valence-electron chi connectivity index (χ1n) is 6.77. The fourth-order valence-corrected chi connectivity index (χ4v) is 4.27. The van der Waals surface area contributed by atoms with Gasteiger partial charge >= 0.3 is 0 Å². The van der Waals surface area contributed by atoms with Crippen LogP contribution in [-0.2, 0) is 4.74 Å². The van der Waals surface area contributed by atoms with Crippen molar-refractivity contribution in [2.24, 2.45) is 11.3 Å². The third-order valence-electron chi connectivity index (χ3n) is 5.72. The number of fused-ring (bicyclic) bond motifs is 1. The molecule has 0 aromatic rings. The molecule has 1 heterocycles. The van der Waals surface area contributed by atoms with E-state index in [1.807, 2.05) is 0 Å². The highest BCUT2D eigenvalue weighted by Gasteiger charge is 2.67. The molecule has 0 aromatic heterocycles. The van der Waals surface area contributed by atoms with Gasteiger partial charge in [0.1, 0.15) is 0 Å². The molecule has 3 atom stereocenters. The van der Waals surface area contributed by atoms with E-state index >= 15 is 0 Å². The number of rotatable bonds is 0. The molecule has 0 aromatic carbocycles. The third-order valence-corrected chi connectivity index (χ3v) is 5.72. The van der Waals surface area contributed by atoms with Gasteiger partial charge in [-0.25, -0.2) is 0 Å². The number of hydrogen-bond donors (Lipinski definition) is 0. The summed E-state index contributed by atoms with van der Waals surface area (Å²) >= 11 is 0. The average molecular weight is 220 g/mol. The van der Waals surface area contributed by atoms with Crippen LogP contribution in [0.4, 0.5) is 0 Å². The molecule has 2 aliphatic carbocycles. The van der Waals surface area contributed by atoms with Gasteiger partial charge in [-0.2, -0.15) is 0 Å². The molecule has 3 aliphatic rings. The molecule has 2 saturated carbocycles. The van der Waals surface area contributed by atoms with E-state index < -0.39 is 0 Å². The Labute approximate surface area is 99.3 Å². The van der Waals surface area contributed by atoms with Crippen LogP contribution >= 0.6 is 0 Å². The monoisotopic (exact) mass is 220 g/mol. The SMILES string of the molecule is C=C1CCC[C@]2(C)CCC3(C[C@@H]12)OC3(C)C. The van der Waals surface area contributed by atoms with Crippen molar-refractivity contribution in [3.8, 4) is 0 Å². The van der Waals surface area contributed by atoms with Crippen molar-refractivity contribution in [2.75, 3.05) is 0 Å². The van der Waals surface area contributed by atoms with Gasteiger partial charge in [-0.05, 0) is 63.7 Å². The van der Waals surface area contributed by atoms with Crippen LogP contribution in [0.5, 0.6) is 0 Å². The summed E-state index contributed by atoms with van der Waals surface area (Å²) in [7, 11) is 0. The molecule has 16 heavy (non-hydrogen) atoms. The maximum atomic E-state index is 6.03. The first-order chi connectivity index (χ1) is 7.39. The lowest BCUT2D eigenvalue weighted by Crippen LogP contribution is -2.42. The molecule has 1 heteroatoms. The predicted molar refractivity (Wildman–Crippen MR) is 66.3 cm³/mol. The summed E-state index contributed by atoms with van der Waals surface area (Å²) < 4.78 is 6.03. The lowest BCUT2D eigenvalue weighted by Gasteiger charge is -2.48. The second-order valence-electron chi connectivity index (χ2n) is 7.03. The van der Waals surface area contributed by atoms with Crippen LogP contribution < -0.4 is 0 Å². The van der Waals surface area contributed by atoms with Crippen molar-refractivity contribution in [3.63, 3.8) is 0 Å². The summed E-state index contributed by atoms with van der Waals surface area (Å²) in [5.74, 6) is 0.719. The Hall–Kier alpha value is -0.300. The van der Waals surface area contributed by atoms with E-state index in [2.05, 4.69) is 27.4 Å². The van der Waals surface area contributed by atoms with Gasteiger partial charge in [0.2, 0.25) is 0 Å². The Morgan fingerprint density at radius 2 is 1.88 bits per heavy atom. The Balaban J connectivity index is 1.86. The van der Waals surface area contributed by atoms with Crippen molar-refractivity contribution >= 4 is 0 Å². The van der Waals surface area contributed by atoms with Crippen molar-refractivity contribution in [1.29, 1.82) is 0 Å². The first kappa shape index (κ1) is 10.8. The molecular weight excluding hydrogens is 196 g/mol. The van der Waals surface area contributed by atoms with Crippen molar-refractivity contribution < 1.29 is 4.74 Å². The van der Waals surface area contributed by atoms with Gasteiger partial charge in [0.05, 0.1) is 11.2 Å². The van der Waals surface area contributed by atoms with Gasteiger partial charge in [0, 0.05) is 0 Å². The molecule has 1 unspecified atom stereocenters. The van der Waals surface area contributed by atoms with E-state index in [9.17, 15) is 0 Å². The minimum absolute atomic E-state index is 0.131. The highest BCUT2D eigenvalue weighted by atomic mass is 16.6. The number of hydrogen-bond acceptors (Lipinski definition) is 1. The second-order valence-corrected chi connectivity index (χ2v) is 7.03. The smallest absolute Gasteiger partial charge is 0.0980 e. The summed E-state index contributed by atoms with van der Waals surface area (Å²) in [6.07, 6.45) is 7.82. The largest absolute Gasteiger partial charge is 0.363 e. The highest BCUT2D eigenvalue weighted by Crippen LogP contribution is 2.64. The lowest BCUT2D eigenvalue weighted by atomic mass is 9.55. The fourth-order valence-electron chi connectivity index (χ4n) is 4.27. The minimum Gasteiger partial charge on any atom is -0.363 e. The van der Waals surface area contributed by atoms with Crippen LogP contribution in [0.3, 0.4) is 0 Å². The van der Waals surface area contributed by atoms with Crippen LogP contribution in [0.1, 0.15) is 59.3 Å². The summed E-state index contributed by atoms with van der Waals surface area (Å²) in [6, 6.07) is 0. The van der Waals surface area contributed by atoms with Gasteiger partial charge in [0.25, 0.3) is 0 Å². The average Bonchev–Trinajstić information content (AvgIpc) is 2.72. The normalized spacial score (nSPS) is 50.2. The Bertz CT molecular complexity index is 343. The Morgan fingerprint density at radius 3 is 2.50 bits per heavy atom. The second kappa shape index (κ2) is 2.93. The van der Waals surface area contributed by atoms with Crippen LogP contribution in [0.15, 0.2) is 12.2 Å². The lowest BCUT2D eigenvalue weighted by molar-refractivity contribution is 0.0548. The molecule has 90 valence electrons. The zero-order chi connectivity index (χ0) is 11.6. The highest BCUT2D eigenvalue weighted by molar-refractivity contribution is 5.22. The van der Waals surface area contributed by atoms with Crippen molar-refractivity contribution in [3.05, 3.63) is 12.2 Å². The first-order valence-corrected chi connectivity index (χ1v) is 6.77. The molecule has 0 N–H and O–H groups in total. The maximum absolute atomic E-state index is 6.03. The Morgan fingerprint density at radius 1 is 1.19 bits per heavy atom. The van der Waals surface area contributed by atoms with Crippen molar-refractivity contribution in [1.82, 2.24) is 0 Å². The van der Waals surface area contributed by atoms with Gasteiger partial charge in [0.15, 0.2) is 0 Å². The summed E-state index contributed by atoms with van der Waals surface area (Å²) in [6.45, 7) is 11.3. The van der Waals surface area contributed by atoms with E-state index in [0.717, 1.165) is 5.92 Å². The number of epoxide rings is 1. The molecule has 3 rings (SSSR count). The van der Waals surface area contributed by atoms with Gasteiger partial charge < -0.3 is 4.74 Å². The van der Waals surface area contributed by atoms with Crippen LogP contribution in [0.25, 0.3) is 0 Å². The molecular formula is C15H24O. The molecule has 0 bridgehead atoms. The zero-order valence-electron chi connectivity index (χ0n) is 10.9. The van der Waals surface area contributed by atoms with Crippen LogP contribution in [0, 0.1) is 11.3 Å². The number of allylic oxidation sites excluding steroid dienone is 1.